The molecule has 1 N–H and O–H groups in total. The van der Waals surface area contributed by atoms with E-state index in [4.69, 9.17) is 4.42 Å². The summed E-state index contributed by atoms with van der Waals surface area (Å²) >= 11 is 0. The van der Waals surface area contributed by atoms with E-state index in [9.17, 15) is 22.0 Å². The van der Waals surface area contributed by atoms with Crippen molar-refractivity contribution in [3.05, 3.63) is 58.4 Å². The minimum atomic E-state index is -3.66. The Balaban J connectivity index is 1.37. The van der Waals surface area contributed by atoms with Crippen LogP contribution in [0.1, 0.15) is 36.1 Å². The maximum absolute atomic E-state index is 13.1. The van der Waals surface area contributed by atoms with Crippen LogP contribution < -0.4 is 10.1 Å². The third-order valence-corrected chi connectivity index (χ3v) is 7.84. The first-order valence-electron chi connectivity index (χ1n) is 10.4. The van der Waals surface area contributed by atoms with Gasteiger partial charge in [-0.3, -0.25) is 4.79 Å². The van der Waals surface area contributed by atoms with Gasteiger partial charge in [-0.1, -0.05) is 6.07 Å². The van der Waals surface area contributed by atoms with Crippen LogP contribution in [0.3, 0.4) is 0 Å². The Morgan fingerprint density at radius 3 is 2.69 bits per heavy atom. The van der Waals surface area contributed by atoms with Crippen LogP contribution >= 0.6 is 0 Å². The molecule has 2 heterocycles. The third kappa shape index (κ3) is 5.02. The fourth-order valence-corrected chi connectivity index (χ4v) is 5.74. The number of aryl methyl sites for hydroxylation is 1. The van der Waals surface area contributed by atoms with Crippen molar-refractivity contribution in [1.82, 2.24) is 9.62 Å². The molecule has 10 heteroatoms. The van der Waals surface area contributed by atoms with Gasteiger partial charge in [0.15, 0.2) is 0 Å². The zero-order valence-electron chi connectivity index (χ0n) is 17.3. The summed E-state index contributed by atoms with van der Waals surface area (Å²) in [5.74, 6) is 0.374. The highest BCUT2D eigenvalue weighted by Crippen LogP contribution is 2.33. The summed E-state index contributed by atoms with van der Waals surface area (Å²) in [6.45, 7) is -2.06. The Kier molecular flexibility index (Phi) is 6.61. The number of sulfonamides is 1. The van der Waals surface area contributed by atoms with Gasteiger partial charge < -0.3 is 14.5 Å². The van der Waals surface area contributed by atoms with Gasteiger partial charge in [-0.05, 0) is 67.2 Å². The molecule has 0 spiro atoms. The average molecular weight is 467 g/mol. The van der Waals surface area contributed by atoms with Crippen LogP contribution in [0.5, 0.6) is 5.75 Å². The van der Waals surface area contributed by atoms with E-state index < -0.39 is 16.6 Å². The minimum Gasteiger partial charge on any atom is -0.467 e. The summed E-state index contributed by atoms with van der Waals surface area (Å²) in [6.07, 6.45) is 4.74. The summed E-state index contributed by atoms with van der Waals surface area (Å²) in [4.78, 5) is 12.7. The lowest BCUT2D eigenvalue weighted by atomic mass is 9.97. The third-order valence-electron chi connectivity index (χ3n) is 5.81. The van der Waals surface area contributed by atoms with E-state index in [0.29, 0.717) is 42.0 Å². The number of fused-ring (bicyclic) bond motifs is 1. The average Bonchev–Trinajstić information content (AvgIpc) is 3.30. The second kappa shape index (κ2) is 9.41. The number of ether oxygens (including phenoxy) is 1. The maximum Gasteiger partial charge on any atom is 0.387 e. The van der Waals surface area contributed by atoms with Crippen LogP contribution in [0, 0.1) is 5.92 Å². The second-order valence-corrected chi connectivity index (χ2v) is 9.82. The van der Waals surface area contributed by atoms with Gasteiger partial charge in [0.05, 0.1) is 17.7 Å². The zero-order valence-corrected chi connectivity index (χ0v) is 18.1. The van der Waals surface area contributed by atoms with E-state index in [1.807, 2.05) is 0 Å². The molecule has 172 valence electrons. The van der Waals surface area contributed by atoms with Gasteiger partial charge in [0.1, 0.15) is 11.5 Å². The molecule has 0 unspecified atom stereocenters. The molecule has 2 aromatic rings. The number of alkyl halides is 2. The van der Waals surface area contributed by atoms with Gasteiger partial charge in [0, 0.05) is 19.0 Å². The number of nitrogens with zero attached hydrogens (tertiary/aromatic N) is 1. The molecule has 4 rings (SSSR count). The molecular weight excluding hydrogens is 442 g/mol. The number of benzene rings is 1. The van der Waals surface area contributed by atoms with Crippen LogP contribution in [-0.2, 0) is 27.8 Å². The number of amides is 1. The van der Waals surface area contributed by atoms with E-state index in [1.54, 1.807) is 30.5 Å². The first kappa shape index (κ1) is 22.5. The van der Waals surface area contributed by atoms with Crippen LogP contribution in [0.25, 0.3) is 6.08 Å². The molecule has 1 aromatic carbocycles. The standard InChI is InChI=1S/C22H24F2N2O5S/c23-22(24)31-18-5-3-17-13-20(6-4-16(17)12-18)32(28,29)26-9-7-15(8-10-26)21(27)25-14-19-2-1-11-30-19/h1-3,5,11-13,15,22H,4,6-10,14H2,(H,25,27). The predicted molar refractivity (Wildman–Crippen MR) is 113 cm³/mol. The molecule has 1 aromatic heterocycles. The first-order chi connectivity index (χ1) is 15.3. The van der Waals surface area contributed by atoms with Crippen molar-refractivity contribution in [3.63, 3.8) is 0 Å². The lowest BCUT2D eigenvalue weighted by molar-refractivity contribution is -0.126. The summed E-state index contributed by atoms with van der Waals surface area (Å²) < 4.78 is 62.2. The van der Waals surface area contributed by atoms with E-state index >= 15 is 0 Å². The van der Waals surface area contributed by atoms with Crippen molar-refractivity contribution in [2.45, 2.75) is 38.8 Å². The quantitative estimate of drug-likeness (QED) is 0.675. The second-order valence-electron chi connectivity index (χ2n) is 7.83. The number of nitrogens with one attached hydrogen (secondary N) is 1. The SMILES string of the molecule is O=C(NCc1ccco1)C1CCN(S(=O)(=O)C2=Cc3ccc(OC(F)F)cc3CC2)CC1. The lowest BCUT2D eigenvalue weighted by Gasteiger charge is -2.32. The highest BCUT2D eigenvalue weighted by Gasteiger charge is 2.34. The molecule has 1 saturated heterocycles. The van der Waals surface area contributed by atoms with Crippen LogP contribution in [0.4, 0.5) is 8.78 Å². The molecule has 0 saturated carbocycles. The van der Waals surface area contributed by atoms with Gasteiger partial charge in [0.25, 0.3) is 0 Å². The molecule has 0 radical (unpaired) electrons. The summed E-state index contributed by atoms with van der Waals surface area (Å²) in [5.41, 5.74) is 1.46. The van der Waals surface area contributed by atoms with Crippen LogP contribution in [0.2, 0.25) is 0 Å². The molecular formula is C22H24F2N2O5S. The normalized spacial score (nSPS) is 17.7. The van der Waals surface area contributed by atoms with Crippen LogP contribution in [-0.4, -0.2) is 38.3 Å². The van der Waals surface area contributed by atoms with E-state index in [0.717, 1.165) is 5.56 Å². The highest BCUT2D eigenvalue weighted by atomic mass is 32.2. The maximum atomic E-state index is 13.1. The summed E-state index contributed by atoms with van der Waals surface area (Å²) in [7, 11) is -3.66. The van der Waals surface area contributed by atoms with E-state index in [-0.39, 0.29) is 37.1 Å². The monoisotopic (exact) mass is 466 g/mol. The van der Waals surface area contributed by atoms with Gasteiger partial charge in [-0.15, -0.1) is 0 Å². The first-order valence-corrected chi connectivity index (χ1v) is 11.9. The number of piperidine rings is 1. The van der Waals surface area contributed by atoms with Crippen molar-refractivity contribution in [3.8, 4) is 5.75 Å². The zero-order chi connectivity index (χ0) is 22.7. The van der Waals surface area contributed by atoms with E-state index in [1.165, 1.54) is 16.4 Å². The topological polar surface area (TPSA) is 88.9 Å². The summed E-state index contributed by atoms with van der Waals surface area (Å²) in [6, 6.07) is 8.05. The molecule has 0 bridgehead atoms. The largest absolute Gasteiger partial charge is 0.467 e. The van der Waals surface area contributed by atoms with Gasteiger partial charge in [-0.2, -0.15) is 13.1 Å². The fraction of sp³-hybridized carbons (Fsp3) is 0.409. The van der Waals surface area contributed by atoms with Gasteiger partial charge in [-0.25, -0.2) is 8.42 Å². The van der Waals surface area contributed by atoms with Crippen molar-refractivity contribution in [2.75, 3.05) is 13.1 Å². The Bertz CT molecular complexity index is 1090. The van der Waals surface area contributed by atoms with Crippen LogP contribution in [0.15, 0.2) is 45.9 Å². The van der Waals surface area contributed by atoms with Crippen molar-refractivity contribution in [2.24, 2.45) is 5.92 Å². The molecule has 1 aliphatic carbocycles. The number of halogens is 2. The Labute approximate surface area is 185 Å². The lowest BCUT2D eigenvalue weighted by Crippen LogP contribution is -2.43. The number of furan rings is 1. The number of hydrogen-bond donors (Lipinski definition) is 1. The molecule has 32 heavy (non-hydrogen) atoms. The molecule has 2 aliphatic rings. The van der Waals surface area contributed by atoms with E-state index in [2.05, 4.69) is 10.1 Å². The number of carbonyl (C=O) groups is 1. The van der Waals surface area contributed by atoms with Gasteiger partial charge >= 0.3 is 6.61 Å². The summed E-state index contributed by atoms with van der Waals surface area (Å²) in [5, 5.41) is 2.83. The number of allylic oxidation sites excluding steroid dienone is 1. The number of carbonyl (C=O) groups excluding carboxylic acids is 1. The van der Waals surface area contributed by atoms with Crippen molar-refractivity contribution < 1.29 is 31.1 Å². The predicted octanol–water partition coefficient (Wildman–Crippen LogP) is 3.53. The Hall–Kier alpha value is -2.72. The molecule has 7 nitrogen and oxygen atoms in total. The minimum absolute atomic E-state index is 0.0610. The molecule has 1 amide bonds. The van der Waals surface area contributed by atoms with Crippen molar-refractivity contribution in [1.29, 1.82) is 0 Å². The van der Waals surface area contributed by atoms with Gasteiger partial charge in [0.2, 0.25) is 15.9 Å². The number of hydrogen-bond acceptors (Lipinski definition) is 5. The Morgan fingerprint density at radius 1 is 1.22 bits per heavy atom. The molecule has 1 aliphatic heterocycles. The highest BCUT2D eigenvalue weighted by molar-refractivity contribution is 7.93. The Morgan fingerprint density at radius 2 is 2.00 bits per heavy atom. The van der Waals surface area contributed by atoms with Crippen molar-refractivity contribution >= 4 is 22.0 Å². The molecule has 1 fully saturated rings. The number of rotatable bonds is 7. The fourth-order valence-electron chi connectivity index (χ4n) is 4.08. The molecule has 0 atom stereocenters. The smallest absolute Gasteiger partial charge is 0.387 e.